The lowest BCUT2D eigenvalue weighted by atomic mass is 10.0. The van der Waals surface area contributed by atoms with Crippen LogP contribution >= 0.6 is 11.3 Å². The summed E-state index contributed by atoms with van der Waals surface area (Å²) < 4.78 is 10.9. The predicted molar refractivity (Wildman–Crippen MR) is 142 cm³/mol. The summed E-state index contributed by atoms with van der Waals surface area (Å²) in [7, 11) is 1.87. The summed E-state index contributed by atoms with van der Waals surface area (Å²) in [6.07, 6.45) is 3.01. The van der Waals surface area contributed by atoms with Crippen LogP contribution in [0.15, 0.2) is 77.6 Å². The van der Waals surface area contributed by atoms with E-state index in [1.54, 1.807) is 15.9 Å². The highest BCUT2D eigenvalue weighted by molar-refractivity contribution is 7.20. The number of thiazole rings is 1. The summed E-state index contributed by atoms with van der Waals surface area (Å²) in [5.41, 5.74) is 4.42. The van der Waals surface area contributed by atoms with Crippen LogP contribution in [0.25, 0.3) is 21.3 Å². The Balaban J connectivity index is 1.04. The first-order chi connectivity index (χ1) is 17.2. The second-order valence-corrected chi connectivity index (χ2v) is 10.2. The number of ether oxygens (including phenoxy) is 1. The molecule has 3 heterocycles. The number of aromatic nitrogens is 3. The molecule has 0 unspecified atom stereocenters. The average Bonchev–Trinajstić information content (AvgIpc) is 3.42. The monoisotopic (exact) mass is 484 g/mol. The van der Waals surface area contributed by atoms with Gasteiger partial charge >= 0.3 is 5.69 Å². The molecule has 178 valence electrons. The van der Waals surface area contributed by atoms with Gasteiger partial charge in [-0.25, -0.2) is 9.78 Å². The summed E-state index contributed by atoms with van der Waals surface area (Å²) in [6.45, 7) is 3.05. The number of likely N-dealkylation sites (tertiary alicyclic amines) is 1. The van der Waals surface area contributed by atoms with Crippen molar-refractivity contribution in [3.63, 3.8) is 0 Å². The Morgan fingerprint density at radius 1 is 0.943 bits per heavy atom. The highest BCUT2D eigenvalue weighted by Gasteiger charge is 2.24. The first-order valence-electron chi connectivity index (χ1n) is 12.2. The molecule has 0 bridgehead atoms. The van der Waals surface area contributed by atoms with Gasteiger partial charge in [-0.15, -0.1) is 0 Å². The second-order valence-electron chi connectivity index (χ2n) is 9.22. The van der Waals surface area contributed by atoms with Gasteiger partial charge in [-0.3, -0.25) is 9.13 Å². The van der Waals surface area contributed by atoms with E-state index in [4.69, 9.17) is 4.74 Å². The molecule has 0 N–H and O–H groups in total. The molecule has 0 aliphatic carbocycles. The highest BCUT2D eigenvalue weighted by atomic mass is 32.1. The quantitative estimate of drug-likeness (QED) is 0.314. The van der Waals surface area contributed by atoms with Crippen molar-refractivity contribution in [3.8, 4) is 10.9 Å². The minimum absolute atomic E-state index is 0.0952. The smallest absolute Gasteiger partial charge is 0.329 e. The molecule has 0 radical (unpaired) electrons. The fourth-order valence-corrected chi connectivity index (χ4v) is 5.91. The van der Waals surface area contributed by atoms with Gasteiger partial charge in [0, 0.05) is 32.7 Å². The Kier molecular flexibility index (Phi) is 5.88. The maximum Gasteiger partial charge on any atom is 0.329 e. The number of nitrogens with zero attached hydrogens (tertiary/aromatic N) is 4. The topological polar surface area (TPSA) is 52.3 Å². The highest BCUT2D eigenvalue weighted by Crippen LogP contribution is 2.31. The van der Waals surface area contributed by atoms with E-state index in [2.05, 4.69) is 34.1 Å². The SMILES string of the molecule is Cn1c(=O)n(C2CCN(CCc3ccc(Oc4nc5ccccc5s4)cc3)CC2)c2ccccc21. The molecule has 0 amide bonds. The van der Waals surface area contributed by atoms with Gasteiger partial charge in [0.15, 0.2) is 0 Å². The van der Waals surface area contributed by atoms with Crippen LogP contribution in [0.3, 0.4) is 0 Å². The van der Waals surface area contributed by atoms with Crippen molar-refractivity contribution in [3.05, 3.63) is 88.8 Å². The van der Waals surface area contributed by atoms with Crippen LogP contribution in [0.5, 0.6) is 10.9 Å². The minimum Gasteiger partial charge on any atom is -0.431 e. The van der Waals surface area contributed by atoms with E-state index in [0.29, 0.717) is 5.19 Å². The van der Waals surface area contributed by atoms with Gasteiger partial charge in [0.1, 0.15) is 5.75 Å². The van der Waals surface area contributed by atoms with Crippen molar-refractivity contribution in [2.75, 3.05) is 19.6 Å². The van der Waals surface area contributed by atoms with Crippen LogP contribution in [-0.2, 0) is 13.5 Å². The summed E-state index contributed by atoms with van der Waals surface area (Å²) >= 11 is 1.56. The third-order valence-electron chi connectivity index (χ3n) is 7.04. The zero-order valence-corrected chi connectivity index (χ0v) is 20.6. The maximum atomic E-state index is 12.9. The molecule has 0 spiro atoms. The molecule has 35 heavy (non-hydrogen) atoms. The Bertz CT molecular complexity index is 1490. The van der Waals surface area contributed by atoms with Crippen LogP contribution in [0.2, 0.25) is 0 Å². The minimum atomic E-state index is 0.0952. The molecule has 7 heteroatoms. The van der Waals surface area contributed by atoms with Gasteiger partial charge in [-0.1, -0.05) is 47.7 Å². The molecule has 1 fully saturated rings. The maximum absolute atomic E-state index is 12.9. The number of aryl methyl sites for hydroxylation is 1. The van der Waals surface area contributed by atoms with Gasteiger partial charge < -0.3 is 9.64 Å². The van der Waals surface area contributed by atoms with Crippen LogP contribution in [0, 0.1) is 0 Å². The molecule has 1 aliphatic rings. The zero-order valence-electron chi connectivity index (χ0n) is 19.8. The predicted octanol–water partition coefficient (Wildman–Crippen LogP) is 5.62. The lowest BCUT2D eigenvalue weighted by molar-refractivity contribution is 0.188. The first kappa shape index (κ1) is 22.1. The number of para-hydroxylation sites is 3. The molecule has 2 aromatic heterocycles. The summed E-state index contributed by atoms with van der Waals surface area (Å²) in [5.74, 6) is 0.814. The number of rotatable bonds is 6. The van der Waals surface area contributed by atoms with Crippen molar-refractivity contribution in [2.45, 2.75) is 25.3 Å². The van der Waals surface area contributed by atoms with Gasteiger partial charge in [-0.05, 0) is 61.2 Å². The zero-order chi connectivity index (χ0) is 23.8. The standard InChI is InChI=1S/C28H28N4O2S/c1-30-24-7-3-4-8-25(24)32(28(30)33)21-15-18-31(19-16-21)17-14-20-10-12-22(13-11-20)34-27-29-23-6-2-5-9-26(23)35-27/h2-13,21H,14-19H2,1H3. The van der Waals surface area contributed by atoms with Crippen molar-refractivity contribution >= 4 is 32.6 Å². The summed E-state index contributed by atoms with van der Waals surface area (Å²) in [5, 5.41) is 0.673. The number of hydrogen-bond donors (Lipinski definition) is 0. The van der Waals surface area contributed by atoms with E-state index < -0.39 is 0 Å². The number of hydrogen-bond acceptors (Lipinski definition) is 5. The molecule has 0 saturated carbocycles. The molecule has 6 nitrogen and oxygen atoms in total. The van der Waals surface area contributed by atoms with Crippen LogP contribution in [-0.4, -0.2) is 38.7 Å². The van der Waals surface area contributed by atoms with Crippen molar-refractivity contribution < 1.29 is 4.74 Å². The number of piperidine rings is 1. The second kappa shape index (κ2) is 9.32. The molecule has 5 aromatic rings. The lowest BCUT2D eigenvalue weighted by Crippen LogP contribution is -2.38. The third kappa shape index (κ3) is 4.37. The molecule has 6 rings (SSSR count). The van der Waals surface area contributed by atoms with Crippen LogP contribution < -0.4 is 10.4 Å². The van der Waals surface area contributed by atoms with Gasteiger partial charge in [0.25, 0.3) is 5.19 Å². The van der Waals surface area contributed by atoms with Gasteiger partial charge in [0.2, 0.25) is 0 Å². The average molecular weight is 485 g/mol. The largest absolute Gasteiger partial charge is 0.431 e. The number of fused-ring (bicyclic) bond motifs is 2. The van der Waals surface area contributed by atoms with E-state index in [-0.39, 0.29) is 11.7 Å². The number of imidazole rings is 1. The van der Waals surface area contributed by atoms with E-state index in [1.165, 1.54) is 5.56 Å². The van der Waals surface area contributed by atoms with E-state index in [1.807, 2.05) is 60.1 Å². The van der Waals surface area contributed by atoms with Crippen LogP contribution in [0.4, 0.5) is 0 Å². The third-order valence-corrected chi connectivity index (χ3v) is 7.95. The summed E-state index contributed by atoms with van der Waals surface area (Å²) in [6, 6.07) is 24.8. The van der Waals surface area contributed by atoms with E-state index in [0.717, 1.165) is 65.9 Å². The first-order valence-corrected chi connectivity index (χ1v) is 13.0. The molecule has 0 atom stereocenters. The van der Waals surface area contributed by atoms with E-state index >= 15 is 0 Å². The number of benzene rings is 3. The molecular weight excluding hydrogens is 456 g/mol. The van der Waals surface area contributed by atoms with E-state index in [9.17, 15) is 4.79 Å². The van der Waals surface area contributed by atoms with Gasteiger partial charge in [-0.2, -0.15) is 0 Å². The molecular formula is C28H28N4O2S. The fraction of sp³-hybridized carbons (Fsp3) is 0.286. The molecule has 3 aromatic carbocycles. The Morgan fingerprint density at radius 3 is 2.43 bits per heavy atom. The Morgan fingerprint density at radius 2 is 1.66 bits per heavy atom. The van der Waals surface area contributed by atoms with Crippen molar-refractivity contribution in [2.24, 2.45) is 7.05 Å². The van der Waals surface area contributed by atoms with Crippen molar-refractivity contribution in [1.29, 1.82) is 0 Å². The lowest BCUT2D eigenvalue weighted by Gasteiger charge is -2.32. The van der Waals surface area contributed by atoms with Crippen LogP contribution in [0.1, 0.15) is 24.4 Å². The molecule has 1 saturated heterocycles. The Labute approximate surface area is 208 Å². The van der Waals surface area contributed by atoms with Gasteiger partial charge in [0.05, 0.1) is 21.3 Å². The molecule has 1 aliphatic heterocycles. The van der Waals surface area contributed by atoms with Crippen molar-refractivity contribution in [1.82, 2.24) is 19.0 Å². The fourth-order valence-electron chi connectivity index (χ4n) is 5.08. The normalized spacial score (nSPS) is 15.2. The Hall–Kier alpha value is -3.42. The summed E-state index contributed by atoms with van der Waals surface area (Å²) in [4.78, 5) is 19.9.